The van der Waals surface area contributed by atoms with Crippen LogP contribution in [0, 0.1) is 11.8 Å². The summed E-state index contributed by atoms with van der Waals surface area (Å²) in [6.45, 7) is 7.65. The average Bonchev–Trinajstić information content (AvgIpc) is 3.13. The molecule has 0 aliphatic heterocycles. The molecule has 0 aliphatic rings. The number of rotatable bonds is 9. The Hall–Kier alpha value is -2.50. The van der Waals surface area contributed by atoms with Crippen LogP contribution < -0.4 is 17.2 Å². The van der Waals surface area contributed by atoms with Gasteiger partial charge in [0.05, 0.1) is 12.0 Å². The molecule has 11 nitrogen and oxygen atoms in total. The van der Waals surface area contributed by atoms with Gasteiger partial charge in [-0.05, 0) is 18.3 Å². The van der Waals surface area contributed by atoms with Gasteiger partial charge in [-0.1, -0.05) is 34.1 Å². The van der Waals surface area contributed by atoms with Crippen LogP contribution in [-0.4, -0.2) is 61.3 Å². The smallest absolute Gasteiger partial charge is 0.320 e. The Balaban J connectivity index is 0. The van der Waals surface area contributed by atoms with Gasteiger partial charge in [-0.15, -0.1) is 0 Å². The number of aromatic amines is 1. The number of aromatic nitrogens is 2. The van der Waals surface area contributed by atoms with Crippen LogP contribution in [0.2, 0.25) is 0 Å². The Kier molecular flexibility index (Phi) is 15.3. The molecule has 1 aromatic heterocycles. The number of nitrogens with one attached hydrogen (secondary N) is 1. The quantitative estimate of drug-likeness (QED) is 0.290. The second-order valence-electron chi connectivity index (χ2n) is 7.03. The summed E-state index contributed by atoms with van der Waals surface area (Å²) in [6.07, 6.45) is 4.74. The van der Waals surface area contributed by atoms with E-state index < -0.39 is 36.0 Å². The summed E-state index contributed by atoms with van der Waals surface area (Å²) in [5.74, 6) is -2.40. The molecule has 168 valence electrons. The van der Waals surface area contributed by atoms with Crippen molar-refractivity contribution in [3.8, 4) is 0 Å². The molecule has 4 atom stereocenters. The van der Waals surface area contributed by atoms with Crippen LogP contribution in [-0.2, 0) is 20.8 Å². The highest BCUT2D eigenvalue weighted by atomic mass is 16.4. The number of imidazole rings is 1. The molecule has 0 aliphatic carbocycles. The van der Waals surface area contributed by atoms with E-state index in [9.17, 15) is 14.4 Å². The van der Waals surface area contributed by atoms with Gasteiger partial charge in [-0.2, -0.15) is 0 Å². The predicted molar refractivity (Wildman–Crippen MR) is 108 cm³/mol. The van der Waals surface area contributed by atoms with Gasteiger partial charge in [0.25, 0.3) is 0 Å². The fraction of sp³-hybridized carbons (Fsp3) is 0.667. The Morgan fingerprint density at radius 2 is 1.52 bits per heavy atom. The van der Waals surface area contributed by atoms with E-state index >= 15 is 0 Å². The zero-order valence-corrected chi connectivity index (χ0v) is 17.4. The van der Waals surface area contributed by atoms with Crippen LogP contribution in [0.3, 0.4) is 0 Å². The number of H-pyrrole nitrogens is 1. The van der Waals surface area contributed by atoms with Gasteiger partial charge in [0.1, 0.15) is 18.1 Å². The number of carboxylic acids is 3. The van der Waals surface area contributed by atoms with Crippen molar-refractivity contribution in [3.63, 3.8) is 0 Å². The lowest BCUT2D eigenvalue weighted by atomic mass is 10.0. The minimum Gasteiger partial charge on any atom is -0.480 e. The summed E-state index contributed by atoms with van der Waals surface area (Å²) >= 11 is 0. The van der Waals surface area contributed by atoms with Crippen LogP contribution in [0.25, 0.3) is 0 Å². The number of nitrogens with zero attached hydrogens (tertiary/aromatic N) is 1. The van der Waals surface area contributed by atoms with E-state index in [2.05, 4.69) is 9.97 Å². The van der Waals surface area contributed by atoms with E-state index in [4.69, 9.17) is 32.5 Å². The lowest BCUT2D eigenvalue weighted by Gasteiger charge is -2.11. The van der Waals surface area contributed by atoms with Crippen LogP contribution in [0.5, 0.6) is 0 Å². The van der Waals surface area contributed by atoms with Crippen molar-refractivity contribution in [2.75, 3.05) is 0 Å². The van der Waals surface area contributed by atoms with E-state index in [1.165, 1.54) is 6.33 Å². The van der Waals surface area contributed by atoms with Crippen molar-refractivity contribution >= 4 is 17.9 Å². The topological polar surface area (TPSA) is 219 Å². The maximum absolute atomic E-state index is 10.3. The first-order valence-corrected chi connectivity index (χ1v) is 9.26. The van der Waals surface area contributed by atoms with E-state index in [0.717, 1.165) is 6.42 Å². The van der Waals surface area contributed by atoms with Crippen molar-refractivity contribution < 1.29 is 29.7 Å². The number of carbonyl (C=O) groups is 3. The summed E-state index contributed by atoms with van der Waals surface area (Å²) in [5, 5.41) is 25.1. The first-order valence-electron chi connectivity index (χ1n) is 9.26. The molecule has 0 radical (unpaired) electrons. The Labute approximate surface area is 170 Å². The molecule has 29 heavy (non-hydrogen) atoms. The van der Waals surface area contributed by atoms with Crippen molar-refractivity contribution in [3.05, 3.63) is 18.2 Å². The second-order valence-corrected chi connectivity index (χ2v) is 7.03. The van der Waals surface area contributed by atoms with Gasteiger partial charge >= 0.3 is 17.9 Å². The zero-order valence-electron chi connectivity index (χ0n) is 17.4. The molecule has 0 amide bonds. The monoisotopic (exact) mass is 417 g/mol. The van der Waals surface area contributed by atoms with Crippen LogP contribution in [0.1, 0.15) is 46.2 Å². The fourth-order valence-electron chi connectivity index (χ4n) is 1.82. The van der Waals surface area contributed by atoms with Gasteiger partial charge in [-0.3, -0.25) is 14.4 Å². The molecule has 1 aromatic rings. The zero-order chi connectivity index (χ0) is 23.1. The Bertz CT molecular complexity index is 594. The number of nitrogens with two attached hydrogens (primary N) is 3. The van der Waals surface area contributed by atoms with Gasteiger partial charge < -0.3 is 37.5 Å². The third-order valence-corrected chi connectivity index (χ3v) is 3.89. The highest BCUT2D eigenvalue weighted by molar-refractivity contribution is 5.74. The lowest BCUT2D eigenvalue weighted by Crippen LogP contribution is -2.36. The molecular formula is C18H35N5O6. The Morgan fingerprint density at radius 3 is 1.76 bits per heavy atom. The minimum atomic E-state index is -1.01. The fourth-order valence-corrected chi connectivity index (χ4v) is 1.82. The normalized spacial score (nSPS) is 14.3. The van der Waals surface area contributed by atoms with E-state index in [1.54, 1.807) is 6.20 Å². The average molecular weight is 418 g/mol. The second kappa shape index (κ2) is 15.4. The molecule has 0 saturated carbocycles. The van der Waals surface area contributed by atoms with Crippen LogP contribution in [0.15, 0.2) is 12.5 Å². The van der Waals surface area contributed by atoms with Gasteiger partial charge in [0.2, 0.25) is 0 Å². The van der Waals surface area contributed by atoms with E-state index in [1.807, 2.05) is 27.7 Å². The first-order chi connectivity index (χ1) is 13.3. The van der Waals surface area contributed by atoms with Gasteiger partial charge in [-0.25, -0.2) is 4.98 Å². The summed E-state index contributed by atoms with van der Waals surface area (Å²) in [7, 11) is 0. The predicted octanol–water partition coefficient (Wildman–Crippen LogP) is 0.253. The molecule has 4 unspecified atom stereocenters. The van der Waals surface area contributed by atoms with E-state index in [-0.39, 0.29) is 12.3 Å². The molecule has 11 heteroatoms. The molecular weight excluding hydrogens is 382 g/mol. The Morgan fingerprint density at radius 1 is 1.00 bits per heavy atom. The largest absolute Gasteiger partial charge is 0.480 e. The van der Waals surface area contributed by atoms with Crippen molar-refractivity contribution in [1.82, 2.24) is 9.97 Å². The summed E-state index contributed by atoms with van der Waals surface area (Å²) in [6, 6.07) is -2.25. The molecule has 0 fully saturated rings. The van der Waals surface area contributed by atoms with Gasteiger partial charge in [0, 0.05) is 12.6 Å². The molecule has 1 rings (SSSR count). The minimum absolute atomic E-state index is 0.0718. The van der Waals surface area contributed by atoms with Crippen LogP contribution >= 0.6 is 0 Å². The molecule has 1 heterocycles. The SMILES string of the molecule is CC(C)CC(N)C(=O)O.CCC(C)C(N)C(=O)O.NC(Cc1c[nH]cn1)C(=O)O. The molecule has 0 aromatic carbocycles. The molecule has 10 N–H and O–H groups in total. The highest BCUT2D eigenvalue weighted by Crippen LogP contribution is 2.04. The maximum atomic E-state index is 10.3. The van der Waals surface area contributed by atoms with E-state index in [0.29, 0.717) is 18.0 Å². The maximum Gasteiger partial charge on any atom is 0.320 e. The van der Waals surface area contributed by atoms with Gasteiger partial charge in [0.15, 0.2) is 0 Å². The number of aliphatic carboxylic acids is 3. The number of hydrogen-bond donors (Lipinski definition) is 7. The molecule has 0 saturated heterocycles. The third-order valence-electron chi connectivity index (χ3n) is 3.89. The lowest BCUT2D eigenvalue weighted by molar-refractivity contribution is -0.140. The van der Waals surface area contributed by atoms with Crippen molar-refractivity contribution in [1.29, 1.82) is 0 Å². The molecule has 0 bridgehead atoms. The first kappa shape index (κ1) is 28.7. The van der Waals surface area contributed by atoms with Crippen molar-refractivity contribution in [2.45, 2.75) is 65.1 Å². The summed E-state index contributed by atoms with van der Waals surface area (Å²) in [5.41, 5.74) is 16.4. The number of carboxylic acid groups (broad SMARTS) is 3. The summed E-state index contributed by atoms with van der Waals surface area (Å²) in [4.78, 5) is 37.1. The standard InChI is InChI=1S/C6H9N3O2.2C6H13NO2/c7-5(6(10)11)1-4-2-8-3-9-4;1-4(2)3-5(7)6(8)9;1-3-4(2)5(7)6(8)9/h2-3,5H,1,7H2,(H,8,9)(H,10,11);2*4-5H,3,7H2,1-2H3,(H,8,9). The number of hydrogen-bond acceptors (Lipinski definition) is 7. The van der Waals surface area contributed by atoms with Crippen LogP contribution in [0.4, 0.5) is 0 Å². The molecule has 0 spiro atoms. The van der Waals surface area contributed by atoms with Crippen molar-refractivity contribution in [2.24, 2.45) is 29.0 Å². The third kappa shape index (κ3) is 15.1. The summed E-state index contributed by atoms with van der Waals surface area (Å²) < 4.78 is 0. The highest BCUT2D eigenvalue weighted by Gasteiger charge is 2.17.